The molecule has 3 heteroatoms. The predicted molar refractivity (Wildman–Crippen MR) is 84.7 cm³/mol. The first kappa shape index (κ1) is 15.7. The Morgan fingerprint density at radius 3 is 2.68 bits per heavy atom. The molecule has 0 bridgehead atoms. The summed E-state index contributed by atoms with van der Waals surface area (Å²) in [7, 11) is 0. The molecular formula is C16H31NOS. The molecule has 0 spiro atoms. The maximum Gasteiger partial charge on any atom is 0.0616 e. The van der Waals surface area contributed by atoms with Gasteiger partial charge < -0.3 is 10.4 Å². The highest BCUT2D eigenvalue weighted by Gasteiger charge is 2.44. The Hall–Kier alpha value is 0.270. The second-order valence-corrected chi connectivity index (χ2v) is 8.13. The Balaban J connectivity index is 1.71. The molecule has 0 heterocycles. The zero-order valence-electron chi connectivity index (χ0n) is 12.7. The average molecular weight is 285 g/mol. The highest BCUT2D eigenvalue weighted by molar-refractivity contribution is 7.99. The van der Waals surface area contributed by atoms with Gasteiger partial charge in [-0.15, -0.1) is 0 Å². The molecule has 0 saturated heterocycles. The van der Waals surface area contributed by atoms with E-state index >= 15 is 0 Å². The summed E-state index contributed by atoms with van der Waals surface area (Å²) >= 11 is 2.10. The molecule has 2 nitrogen and oxygen atoms in total. The van der Waals surface area contributed by atoms with E-state index in [1.54, 1.807) is 0 Å². The van der Waals surface area contributed by atoms with E-state index in [0.29, 0.717) is 18.6 Å². The topological polar surface area (TPSA) is 32.3 Å². The van der Waals surface area contributed by atoms with Gasteiger partial charge >= 0.3 is 0 Å². The van der Waals surface area contributed by atoms with E-state index < -0.39 is 0 Å². The van der Waals surface area contributed by atoms with Crippen molar-refractivity contribution in [2.45, 2.75) is 70.4 Å². The van der Waals surface area contributed by atoms with E-state index in [4.69, 9.17) is 0 Å². The van der Waals surface area contributed by atoms with Crippen molar-refractivity contribution in [3.63, 3.8) is 0 Å². The average Bonchev–Trinajstić information content (AvgIpc) is 3.09. The highest BCUT2D eigenvalue weighted by Crippen LogP contribution is 2.40. The molecule has 2 aliphatic rings. The predicted octanol–water partition coefficient (Wildman–Crippen LogP) is 3.44. The Bertz CT molecular complexity index is 267. The van der Waals surface area contributed by atoms with Gasteiger partial charge in [0.15, 0.2) is 0 Å². The number of thioether (sulfide) groups is 1. The normalized spacial score (nSPS) is 31.3. The maximum absolute atomic E-state index is 9.87. The van der Waals surface area contributed by atoms with Crippen LogP contribution in [0.2, 0.25) is 0 Å². The molecule has 2 atom stereocenters. The van der Waals surface area contributed by atoms with Crippen LogP contribution >= 0.6 is 11.8 Å². The van der Waals surface area contributed by atoms with Crippen LogP contribution in [0, 0.1) is 11.8 Å². The third-order valence-electron chi connectivity index (χ3n) is 4.76. The third-order valence-corrected chi connectivity index (χ3v) is 5.81. The Morgan fingerprint density at radius 2 is 2.05 bits per heavy atom. The SMILES string of the molecule is CC(C)CCSCCC1CCCC1(CO)NC1CC1. The summed E-state index contributed by atoms with van der Waals surface area (Å²) in [6, 6.07) is 0.710. The lowest BCUT2D eigenvalue weighted by Crippen LogP contribution is -2.52. The van der Waals surface area contributed by atoms with Gasteiger partial charge in [0.2, 0.25) is 0 Å². The molecule has 2 fully saturated rings. The van der Waals surface area contributed by atoms with Crippen LogP contribution in [0.15, 0.2) is 0 Å². The zero-order valence-corrected chi connectivity index (χ0v) is 13.5. The molecule has 2 saturated carbocycles. The summed E-state index contributed by atoms with van der Waals surface area (Å²) < 4.78 is 0. The molecular weight excluding hydrogens is 254 g/mol. The van der Waals surface area contributed by atoms with E-state index in [-0.39, 0.29) is 5.54 Å². The molecule has 2 rings (SSSR count). The van der Waals surface area contributed by atoms with Gasteiger partial charge in [-0.25, -0.2) is 0 Å². The third kappa shape index (κ3) is 4.64. The lowest BCUT2D eigenvalue weighted by Gasteiger charge is -2.35. The summed E-state index contributed by atoms with van der Waals surface area (Å²) in [4.78, 5) is 0. The fourth-order valence-electron chi connectivity index (χ4n) is 3.29. The van der Waals surface area contributed by atoms with Crippen molar-refractivity contribution in [2.75, 3.05) is 18.1 Å². The van der Waals surface area contributed by atoms with Crippen LogP contribution in [0.1, 0.15) is 58.8 Å². The molecule has 2 unspecified atom stereocenters. The van der Waals surface area contributed by atoms with Crippen molar-refractivity contribution >= 4 is 11.8 Å². The Labute approximate surface area is 123 Å². The van der Waals surface area contributed by atoms with Crippen LogP contribution in [0.5, 0.6) is 0 Å². The molecule has 0 aromatic heterocycles. The van der Waals surface area contributed by atoms with Crippen molar-refractivity contribution < 1.29 is 5.11 Å². The van der Waals surface area contributed by atoms with Crippen molar-refractivity contribution in [3.8, 4) is 0 Å². The van der Waals surface area contributed by atoms with Crippen LogP contribution in [0.4, 0.5) is 0 Å². The summed E-state index contributed by atoms with van der Waals surface area (Å²) in [5, 5.41) is 13.6. The molecule has 0 aliphatic heterocycles. The van der Waals surface area contributed by atoms with Gasteiger partial charge in [-0.1, -0.05) is 20.3 Å². The van der Waals surface area contributed by atoms with Crippen molar-refractivity contribution in [1.82, 2.24) is 5.32 Å². The van der Waals surface area contributed by atoms with Gasteiger partial charge in [0.1, 0.15) is 0 Å². The number of aliphatic hydroxyl groups excluding tert-OH is 1. The minimum absolute atomic E-state index is 0.0692. The van der Waals surface area contributed by atoms with Gasteiger partial charge in [0, 0.05) is 11.6 Å². The molecule has 19 heavy (non-hydrogen) atoms. The van der Waals surface area contributed by atoms with E-state index in [0.717, 1.165) is 5.92 Å². The van der Waals surface area contributed by atoms with Crippen LogP contribution in [-0.2, 0) is 0 Å². The number of aliphatic hydroxyl groups is 1. The summed E-state index contributed by atoms with van der Waals surface area (Å²) in [5.41, 5.74) is 0.0692. The number of rotatable bonds is 9. The second kappa shape index (κ2) is 7.33. The lowest BCUT2D eigenvalue weighted by molar-refractivity contribution is 0.120. The molecule has 2 N–H and O–H groups in total. The zero-order chi connectivity index (χ0) is 13.7. The highest BCUT2D eigenvalue weighted by atomic mass is 32.2. The van der Waals surface area contributed by atoms with Gasteiger partial charge in [-0.2, -0.15) is 11.8 Å². The first-order chi connectivity index (χ1) is 9.16. The fraction of sp³-hybridized carbons (Fsp3) is 1.00. The second-order valence-electron chi connectivity index (χ2n) is 6.91. The summed E-state index contributed by atoms with van der Waals surface area (Å²) in [6.07, 6.45) is 9.03. The standard InChI is InChI=1S/C16H31NOS/c1-13(2)7-10-19-11-8-14-4-3-9-16(14,12-18)17-15-5-6-15/h13-15,17-18H,3-12H2,1-2H3. The number of nitrogens with one attached hydrogen (secondary N) is 1. The van der Waals surface area contributed by atoms with Gasteiger partial charge in [0.25, 0.3) is 0 Å². The van der Waals surface area contributed by atoms with Crippen molar-refractivity contribution in [2.24, 2.45) is 11.8 Å². The molecule has 2 aliphatic carbocycles. The van der Waals surface area contributed by atoms with E-state index in [9.17, 15) is 5.11 Å². The number of hydrogen-bond donors (Lipinski definition) is 2. The number of hydrogen-bond acceptors (Lipinski definition) is 3. The largest absolute Gasteiger partial charge is 0.394 e. The van der Waals surface area contributed by atoms with Crippen molar-refractivity contribution in [1.29, 1.82) is 0 Å². The molecule has 0 amide bonds. The minimum Gasteiger partial charge on any atom is -0.394 e. The van der Waals surface area contributed by atoms with Crippen LogP contribution in [-0.4, -0.2) is 34.8 Å². The first-order valence-corrected chi connectivity index (χ1v) is 9.28. The van der Waals surface area contributed by atoms with E-state index in [1.807, 2.05) is 0 Å². The van der Waals surface area contributed by atoms with Crippen LogP contribution < -0.4 is 5.32 Å². The van der Waals surface area contributed by atoms with E-state index in [2.05, 4.69) is 30.9 Å². The van der Waals surface area contributed by atoms with Gasteiger partial charge in [-0.05, 0) is 61.9 Å². The smallest absolute Gasteiger partial charge is 0.0616 e. The van der Waals surface area contributed by atoms with Crippen LogP contribution in [0.3, 0.4) is 0 Å². The molecule has 0 radical (unpaired) electrons. The molecule has 112 valence electrons. The Kier molecular flexibility index (Phi) is 6.04. The minimum atomic E-state index is 0.0692. The Morgan fingerprint density at radius 1 is 1.26 bits per heavy atom. The quantitative estimate of drug-likeness (QED) is 0.637. The maximum atomic E-state index is 9.87. The monoisotopic (exact) mass is 285 g/mol. The molecule has 0 aromatic carbocycles. The fourth-order valence-corrected chi connectivity index (χ4v) is 4.58. The first-order valence-electron chi connectivity index (χ1n) is 8.12. The summed E-state index contributed by atoms with van der Waals surface area (Å²) in [6.45, 7) is 4.94. The van der Waals surface area contributed by atoms with Crippen molar-refractivity contribution in [3.05, 3.63) is 0 Å². The lowest BCUT2D eigenvalue weighted by atomic mass is 9.85. The van der Waals surface area contributed by atoms with Gasteiger partial charge in [0.05, 0.1) is 6.61 Å². The van der Waals surface area contributed by atoms with Gasteiger partial charge in [-0.3, -0.25) is 0 Å². The van der Waals surface area contributed by atoms with Crippen LogP contribution in [0.25, 0.3) is 0 Å². The molecule has 0 aromatic rings. The summed E-state index contributed by atoms with van der Waals surface area (Å²) in [5.74, 6) is 4.09. The van der Waals surface area contributed by atoms with E-state index in [1.165, 1.54) is 56.5 Å².